The third kappa shape index (κ3) is 3.46. The maximum atomic E-state index is 11.7. The molecule has 2 rings (SSSR count). The van der Waals surface area contributed by atoms with Crippen LogP contribution in [0.25, 0.3) is 0 Å². The highest BCUT2D eigenvalue weighted by atomic mass is 16.2. The highest BCUT2D eigenvalue weighted by Gasteiger charge is 2.25. The second-order valence-electron chi connectivity index (χ2n) is 5.21. The fourth-order valence-electron chi connectivity index (χ4n) is 2.64. The van der Waals surface area contributed by atoms with E-state index in [0.717, 1.165) is 25.9 Å². The SMILES string of the molecule is NC1CN(CC(=O)NC2CCCCCC2)C1. The van der Waals surface area contributed by atoms with Crippen molar-refractivity contribution in [2.45, 2.75) is 50.6 Å². The van der Waals surface area contributed by atoms with Crippen molar-refractivity contribution in [3.05, 3.63) is 0 Å². The van der Waals surface area contributed by atoms with Crippen LogP contribution in [0.4, 0.5) is 0 Å². The van der Waals surface area contributed by atoms with E-state index in [1.54, 1.807) is 0 Å². The van der Waals surface area contributed by atoms with Gasteiger partial charge in [0, 0.05) is 25.2 Å². The number of likely N-dealkylation sites (tertiary alicyclic amines) is 1. The van der Waals surface area contributed by atoms with Gasteiger partial charge in [-0.3, -0.25) is 9.69 Å². The quantitative estimate of drug-likeness (QED) is 0.686. The van der Waals surface area contributed by atoms with Crippen LogP contribution in [0.1, 0.15) is 38.5 Å². The third-order valence-electron chi connectivity index (χ3n) is 3.57. The molecule has 0 radical (unpaired) electrons. The van der Waals surface area contributed by atoms with Crippen molar-refractivity contribution < 1.29 is 4.79 Å². The third-order valence-corrected chi connectivity index (χ3v) is 3.57. The van der Waals surface area contributed by atoms with Crippen LogP contribution >= 0.6 is 0 Å². The van der Waals surface area contributed by atoms with E-state index in [1.165, 1.54) is 25.7 Å². The molecule has 1 aliphatic heterocycles. The normalized spacial score (nSPS) is 24.8. The molecule has 1 saturated carbocycles. The van der Waals surface area contributed by atoms with E-state index in [0.29, 0.717) is 12.6 Å². The van der Waals surface area contributed by atoms with Crippen molar-refractivity contribution in [1.82, 2.24) is 10.2 Å². The van der Waals surface area contributed by atoms with E-state index >= 15 is 0 Å². The maximum Gasteiger partial charge on any atom is 0.234 e. The van der Waals surface area contributed by atoms with Crippen LogP contribution < -0.4 is 11.1 Å². The van der Waals surface area contributed by atoms with Gasteiger partial charge in [0.1, 0.15) is 0 Å². The van der Waals surface area contributed by atoms with Crippen LogP contribution in [-0.4, -0.2) is 42.5 Å². The minimum absolute atomic E-state index is 0.179. The lowest BCUT2D eigenvalue weighted by atomic mass is 10.1. The summed E-state index contributed by atoms with van der Waals surface area (Å²) in [6.45, 7) is 2.28. The molecule has 2 fully saturated rings. The molecular weight excluding hydrogens is 202 g/mol. The molecular formula is C12H23N3O. The molecule has 3 N–H and O–H groups in total. The van der Waals surface area contributed by atoms with Crippen molar-refractivity contribution >= 4 is 5.91 Å². The summed E-state index contributed by atoms with van der Waals surface area (Å²) in [6, 6.07) is 0.704. The number of nitrogens with zero attached hydrogens (tertiary/aromatic N) is 1. The maximum absolute atomic E-state index is 11.7. The lowest BCUT2D eigenvalue weighted by molar-refractivity contribution is -0.124. The molecule has 92 valence electrons. The Morgan fingerprint density at radius 3 is 2.38 bits per heavy atom. The number of nitrogens with one attached hydrogen (secondary N) is 1. The molecule has 2 aliphatic rings. The van der Waals surface area contributed by atoms with Gasteiger partial charge in [-0.25, -0.2) is 0 Å². The van der Waals surface area contributed by atoms with Crippen molar-refractivity contribution in [3.8, 4) is 0 Å². The number of hydrogen-bond donors (Lipinski definition) is 2. The van der Waals surface area contributed by atoms with Gasteiger partial charge in [0.2, 0.25) is 5.91 Å². The van der Waals surface area contributed by atoms with Gasteiger partial charge in [-0.15, -0.1) is 0 Å². The zero-order chi connectivity index (χ0) is 11.4. The van der Waals surface area contributed by atoms with Gasteiger partial charge in [0.15, 0.2) is 0 Å². The topological polar surface area (TPSA) is 58.4 Å². The lowest BCUT2D eigenvalue weighted by Gasteiger charge is -2.36. The highest BCUT2D eigenvalue weighted by molar-refractivity contribution is 5.78. The first kappa shape index (κ1) is 11.9. The molecule has 16 heavy (non-hydrogen) atoms. The van der Waals surface area contributed by atoms with Crippen LogP contribution in [0.5, 0.6) is 0 Å². The van der Waals surface area contributed by atoms with Gasteiger partial charge >= 0.3 is 0 Å². The van der Waals surface area contributed by atoms with Gasteiger partial charge in [-0.05, 0) is 12.8 Å². The summed E-state index contributed by atoms with van der Waals surface area (Å²) in [5.74, 6) is 0.179. The van der Waals surface area contributed by atoms with Crippen LogP contribution in [-0.2, 0) is 4.79 Å². The molecule has 1 amide bonds. The minimum Gasteiger partial charge on any atom is -0.352 e. The van der Waals surface area contributed by atoms with E-state index in [9.17, 15) is 4.79 Å². The summed E-state index contributed by atoms with van der Waals surface area (Å²) in [7, 11) is 0. The fraction of sp³-hybridized carbons (Fsp3) is 0.917. The molecule has 4 heteroatoms. The predicted octanol–water partition coefficient (Wildman–Crippen LogP) is 0.468. The second kappa shape index (κ2) is 5.64. The second-order valence-corrected chi connectivity index (χ2v) is 5.21. The lowest BCUT2D eigenvalue weighted by Crippen LogP contribution is -2.58. The smallest absolute Gasteiger partial charge is 0.234 e. The Kier molecular flexibility index (Phi) is 4.18. The van der Waals surface area contributed by atoms with E-state index in [1.807, 2.05) is 0 Å². The summed E-state index contributed by atoms with van der Waals surface area (Å²) >= 11 is 0. The Labute approximate surface area is 97.6 Å². The van der Waals surface area contributed by atoms with E-state index < -0.39 is 0 Å². The molecule has 0 aromatic carbocycles. The number of hydrogen-bond acceptors (Lipinski definition) is 3. The molecule has 1 saturated heterocycles. The Morgan fingerprint density at radius 1 is 1.19 bits per heavy atom. The molecule has 4 nitrogen and oxygen atoms in total. The largest absolute Gasteiger partial charge is 0.352 e. The molecule has 0 spiro atoms. The van der Waals surface area contributed by atoms with Crippen molar-refractivity contribution in [2.24, 2.45) is 5.73 Å². The number of rotatable bonds is 3. The van der Waals surface area contributed by atoms with E-state index in [2.05, 4.69) is 10.2 Å². The van der Waals surface area contributed by atoms with Crippen molar-refractivity contribution in [3.63, 3.8) is 0 Å². The first-order chi connectivity index (χ1) is 7.74. The van der Waals surface area contributed by atoms with Crippen LogP contribution in [0.2, 0.25) is 0 Å². The molecule has 1 aliphatic carbocycles. The van der Waals surface area contributed by atoms with Gasteiger partial charge < -0.3 is 11.1 Å². The monoisotopic (exact) mass is 225 g/mol. The summed E-state index contributed by atoms with van der Waals surface area (Å²) < 4.78 is 0. The zero-order valence-corrected chi connectivity index (χ0v) is 9.95. The molecule has 0 aromatic rings. The Morgan fingerprint density at radius 2 is 1.81 bits per heavy atom. The Balaban J connectivity index is 1.65. The average molecular weight is 225 g/mol. The first-order valence-corrected chi connectivity index (χ1v) is 6.51. The first-order valence-electron chi connectivity index (χ1n) is 6.51. The van der Waals surface area contributed by atoms with Crippen molar-refractivity contribution in [1.29, 1.82) is 0 Å². The summed E-state index contributed by atoms with van der Waals surface area (Å²) in [6.07, 6.45) is 7.50. The summed E-state index contributed by atoms with van der Waals surface area (Å²) in [4.78, 5) is 13.8. The van der Waals surface area contributed by atoms with Gasteiger partial charge in [0.25, 0.3) is 0 Å². The van der Waals surface area contributed by atoms with E-state index in [4.69, 9.17) is 5.73 Å². The van der Waals surface area contributed by atoms with Crippen molar-refractivity contribution in [2.75, 3.05) is 19.6 Å². The minimum atomic E-state index is 0.179. The summed E-state index contributed by atoms with van der Waals surface area (Å²) in [5.41, 5.74) is 5.68. The molecule has 0 atom stereocenters. The van der Waals surface area contributed by atoms with Crippen LogP contribution in [0.3, 0.4) is 0 Å². The zero-order valence-electron chi connectivity index (χ0n) is 9.95. The molecule has 0 bridgehead atoms. The molecule has 0 aromatic heterocycles. The Hall–Kier alpha value is -0.610. The van der Waals surface area contributed by atoms with Gasteiger partial charge in [0.05, 0.1) is 6.54 Å². The summed E-state index contributed by atoms with van der Waals surface area (Å²) in [5, 5.41) is 3.15. The average Bonchev–Trinajstić information content (AvgIpc) is 2.44. The number of amides is 1. The highest BCUT2D eigenvalue weighted by Crippen LogP contribution is 2.17. The van der Waals surface area contributed by atoms with Gasteiger partial charge in [-0.1, -0.05) is 25.7 Å². The van der Waals surface area contributed by atoms with E-state index in [-0.39, 0.29) is 11.9 Å². The Bertz CT molecular complexity index is 230. The molecule has 1 heterocycles. The van der Waals surface area contributed by atoms with Crippen LogP contribution in [0.15, 0.2) is 0 Å². The molecule has 0 unspecified atom stereocenters. The number of nitrogens with two attached hydrogens (primary N) is 1. The van der Waals surface area contributed by atoms with Crippen LogP contribution in [0, 0.1) is 0 Å². The fourth-order valence-corrected chi connectivity index (χ4v) is 2.64. The number of carbonyl (C=O) groups is 1. The predicted molar refractivity (Wildman–Crippen MR) is 64.0 cm³/mol. The standard InChI is InChI=1S/C12H23N3O/c13-10-7-15(8-10)9-12(16)14-11-5-3-1-2-4-6-11/h10-11H,1-9,13H2,(H,14,16). The number of carbonyl (C=O) groups excluding carboxylic acids is 1. The van der Waals surface area contributed by atoms with Gasteiger partial charge in [-0.2, -0.15) is 0 Å².